The molecule has 1 aromatic heterocycles. The molecule has 3 N–H and O–H groups in total. The van der Waals surface area contributed by atoms with Crippen molar-refractivity contribution in [3.63, 3.8) is 0 Å². The maximum absolute atomic E-state index is 12.1. The van der Waals surface area contributed by atoms with E-state index in [0.29, 0.717) is 23.4 Å². The first-order chi connectivity index (χ1) is 11.9. The number of aliphatic imine (C=N–C) groups is 1. The molecule has 0 bridgehead atoms. The van der Waals surface area contributed by atoms with E-state index in [4.69, 9.17) is 11.6 Å². The Morgan fingerprint density at radius 1 is 1.12 bits per heavy atom. The lowest BCUT2D eigenvalue weighted by Gasteiger charge is -2.12. The van der Waals surface area contributed by atoms with Crippen LogP contribution in [-0.2, 0) is 16.6 Å². The minimum Gasteiger partial charge on any atom is -0.355 e. The molecule has 0 amide bonds. The summed E-state index contributed by atoms with van der Waals surface area (Å²) >= 11 is 6.80. The topological polar surface area (TPSA) is 82.6 Å². The average molecular weight is 401 g/mol. The molecule has 0 spiro atoms. The van der Waals surface area contributed by atoms with Crippen LogP contribution in [0.1, 0.15) is 11.1 Å². The van der Waals surface area contributed by atoms with E-state index in [1.54, 1.807) is 13.1 Å². The normalized spacial score (nSPS) is 12.2. The fourth-order valence-electron chi connectivity index (χ4n) is 1.99. The number of rotatable bonds is 7. The molecule has 0 aliphatic carbocycles. The molecule has 0 aliphatic rings. The molecule has 136 valence electrons. The monoisotopic (exact) mass is 400 g/mol. The SMILES string of the molecule is CN=C(NCCNS(=O)(=O)c1ccc(Cl)s1)NCc1ccc(C)cc1. The van der Waals surface area contributed by atoms with Gasteiger partial charge in [-0.25, -0.2) is 13.1 Å². The maximum atomic E-state index is 12.1. The van der Waals surface area contributed by atoms with Gasteiger partial charge in [-0.05, 0) is 24.6 Å². The third-order valence-electron chi connectivity index (χ3n) is 3.33. The maximum Gasteiger partial charge on any atom is 0.250 e. The molecule has 2 rings (SSSR count). The van der Waals surface area contributed by atoms with Crippen molar-refractivity contribution in [2.24, 2.45) is 4.99 Å². The van der Waals surface area contributed by atoms with Crippen LogP contribution in [0.5, 0.6) is 0 Å². The van der Waals surface area contributed by atoms with E-state index in [1.165, 1.54) is 11.6 Å². The highest BCUT2D eigenvalue weighted by atomic mass is 35.5. The van der Waals surface area contributed by atoms with Gasteiger partial charge in [0.05, 0.1) is 4.34 Å². The van der Waals surface area contributed by atoms with Crippen LogP contribution in [0.2, 0.25) is 4.34 Å². The molecular weight excluding hydrogens is 380 g/mol. The molecule has 0 unspecified atom stereocenters. The Balaban J connectivity index is 1.75. The van der Waals surface area contributed by atoms with E-state index in [2.05, 4.69) is 44.6 Å². The van der Waals surface area contributed by atoms with Crippen LogP contribution in [0.25, 0.3) is 0 Å². The Morgan fingerprint density at radius 3 is 2.44 bits per heavy atom. The minimum absolute atomic E-state index is 0.208. The Labute approximate surface area is 157 Å². The smallest absolute Gasteiger partial charge is 0.250 e. The van der Waals surface area contributed by atoms with E-state index < -0.39 is 10.0 Å². The van der Waals surface area contributed by atoms with Gasteiger partial charge >= 0.3 is 0 Å². The van der Waals surface area contributed by atoms with Gasteiger partial charge in [0.1, 0.15) is 4.21 Å². The van der Waals surface area contributed by atoms with Gasteiger partial charge in [-0.3, -0.25) is 4.99 Å². The molecule has 0 fully saturated rings. The molecule has 2 aromatic rings. The summed E-state index contributed by atoms with van der Waals surface area (Å²) in [6.07, 6.45) is 0. The molecule has 1 aromatic carbocycles. The second kappa shape index (κ2) is 9.19. The highest BCUT2D eigenvalue weighted by Crippen LogP contribution is 2.25. The molecule has 9 heteroatoms. The molecule has 25 heavy (non-hydrogen) atoms. The van der Waals surface area contributed by atoms with Gasteiger partial charge < -0.3 is 10.6 Å². The van der Waals surface area contributed by atoms with E-state index in [0.717, 1.165) is 16.9 Å². The van der Waals surface area contributed by atoms with Crippen LogP contribution in [0.4, 0.5) is 0 Å². The zero-order chi connectivity index (χ0) is 18.3. The van der Waals surface area contributed by atoms with Crippen molar-refractivity contribution in [2.45, 2.75) is 17.7 Å². The zero-order valence-corrected chi connectivity index (χ0v) is 16.4. The standard InChI is InChI=1S/C16H21ClN4O2S2/c1-12-3-5-13(6-4-12)11-20-16(18-2)19-9-10-21-25(22,23)15-8-7-14(17)24-15/h3-8,21H,9-11H2,1-2H3,(H2,18,19,20). The largest absolute Gasteiger partial charge is 0.355 e. The number of guanidine groups is 1. The third kappa shape index (κ3) is 6.32. The number of thiophene rings is 1. The lowest BCUT2D eigenvalue weighted by atomic mass is 10.1. The number of halogens is 1. The van der Waals surface area contributed by atoms with Crippen LogP contribution in [0.15, 0.2) is 45.6 Å². The molecule has 0 saturated carbocycles. The fraction of sp³-hybridized carbons (Fsp3) is 0.312. The van der Waals surface area contributed by atoms with Crippen molar-refractivity contribution >= 4 is 38.9 Å². The van der Waals surface area contributed by atoms with Crippen molar-refractivity contribution < 1.29 is 8.42 Å². The highest BCUT2D eigenvalue weighted by Gasteiger charge is 2.15. The van der Waals surface area contributed by atoms with Gasteiger partial charge in [0.25, 0.3) is 0 Å². The molecule has 6 nitrogen and oxygen atoms in total. The van der Waals surface area contributed by atoms with E-state index >= 15 is 0 Å². The Hall–Kier alpha value is -1.61. The molecule has 0 radical (unpaired) electrons. The summed E-state index contributed by atoms with van der Waals surface area (Å²) in [6.45, 7) is 3.33. The van der Waals surface area contributed by atoms with Crippen molar-refractivity contribution in [1.82, 2.24) is 15.4 Å². The number of nitrogens with zero attached hydrogens (tertiary/aromatic N) is 1. The van der Waals surface area contributed by atoms with Gasteiger partial charge in [0.2, 0.25) is 10.0 Å². The van der Waals surface area contributed by atoms with Crippen LogP contribution in [-0.4, -0.2) is 34.5 Å². The quantitative estimate of drug-likeness (QED) is 0.378. The Bertz CT molecular complexity index is 817. The first-order valence-electron chi connectivity index (χ1n) is 7.66. The van der Waals surface area contributed by atoms with E-state index in [1.807, 2.05) is 6.92 Å². The summed E-state index contributed by atoms with van der Waals surface area (Å²) in [5.41, 5.74) is 2.36. The zero-order valence-electron chi connectivity index (χ0n) is 14.0. The van der Waals surface area contributed by atoms with Gasteiger partial charge in [-0.1, -0.05) is 41.4 Å². The van der Waals surface area contributed by atoms with Crippen molar-refractivity contribution in [2.75, 3.05) is 20.1 Å². The average Bonchev–Trinajstić information content (AvgIpc) is 3.03. The molecule has 0 aliphatic heterocycles. The Morgan fingerprint density at radius 2 is 1.84 bits per heavy atom. The first kappa shape index (κ1) is 19.7. The number of sulfonamides is 1. The predicted octanol–water partition coefficient (Wildman–Crippen LogP) is 2.35. The highest BCUT2D eigenvalue weighted by molar-refractivity contribution is 7.91. The Kier molecular flexibility index (Phi) is 7.24. The molecular formula is C16H21ClN4O2S2. The summed E-state index contributed by atoms with van der Waals surface area (Å²) in [5.74, 6) is 0.610. The molecule has 0 saturated heterocycles. The van der Waals surface area contributed by atoms with E-state index in [9.17, 15) is 8.42 Å². The van der Waals surface area contributed by atoms with Gasteiger partial charge in [-0.2, -0.15) is 0 Å². The van der Waals surface area contributed by atoms with Gasteiger partial charge in [0.15, 0.2) is 5.96 Å². The van der Waals surface area contributed by atoms with Crippen LogP contribution in [0, 0.1) is 6.92 Å². The lowest BCUT2D eigenvalue weighted by molar-refractivity contribution is 0.582. The second-order valence-electron chi connectivity index (χ2n) is 5.29. The summed E-state index contributed by atoms with van der Waals surface area (Å²) in [7, 11) is -1.85. The van der Waals surface area contributed by atoms with Gasteiger partial charge in [-0.15, -0.1) is 11.3 Å². The van der Waals surface area contributed by atoms with Crippen molar-refractivity contribution in [3.05, 3.63) is 51.9 Å². The predicted molar refractivity (Wildman–Crippen MR) is 104 cm³/mol. The van der Waals surface area contributed by atoms with Crippen LogP contribution < -0.4 is 15.4 Å². The summed E-state index contributed by atoms with van der Waals surface area (Å²) < 4.78 is 27.3. The molecule has 1 heterocycles. The van der Waals surface area contributed by atoms with Crippen molar-refractivity contribution in [1.29, 1.82) is 0 Å². The van der Waals surface area contributed by atoms with Crippen molar-refractivity contribution in [3.8, 4) is 0 Å². The van der Waals surface area contributed by atoms with Crippen LogP contribution >= 0.6 is 22.9 Å². The summed E-state index contributed by atoms with van der Waals surface area (Å²) in [4.78, 5) is 4.12. The number of hydrogen-bond acceptors (Lipinski definition) is 4. The minimum atomic E-state index is -3.52. The summed E-state index contributed by atoms with van der Waals surface area (Å²) in [5, 5.41) is 6.25. The fourth-order valence-corrected chi connectivity index (χ4v) is 4.55. The number of nitrogens with one attached hydrogen (secondary N) is 3. The van der Waals surface area contributed by atoms with E-state index in [-0.39, 0.29) is 10.8 Å². The first-order valence-corrected chi connectivity index (χ1v) is 10.3. The van der Waals surface area contributed by atoms with Gasteiger partial charge in [0, 0.05) is 26.7 Å². The second-order valence-corrected chi connectivity index (χ2v) is 9.00. The number of benzene rings is 1. The van der Waals surface area contributed by atoms with Crippen LogP contribution in [0.3, 0.4) is 0 Å². The number of hydrogen-bond donors (Lipinski definition) is 3. The molecule has 0 atom stereocenters. The third-order valence-corrected chi connectivity index (χ3v) is 6.51. The number of aryl methyl sites for hydroxylation is 1. The summed E-state index contributed by atoms with van der Waals surface area (Å²) in [6, 6.07) is 11.3. The lowest BCUT2D eigenvalue weighted by Crippen LogP contribution is -2.41.